The minimum absolute atomic E-state index is 0.177. The first kappa shape index (κ1) is 21.5. The number of hydrogen-bond acceptors (Lipinski definition) is 7. The maximum absolute atomic E-state index is 13.8. The standard InChI is InChI=1S/C27H21NO6/c1-31-19-13-17-21(26(25(19)32-2)34-14-15-9-5-4-6-10-15)24(29)22-20(27(30)33-3)16-11-7-8-12-18(16)28-23(17)22/h4-13H,14H2,1-3H3. The van der Waals surface area contributed by atoms with E-state index in [0.717, 1.165) is 5.56 Å². The number of ketones is 1. The SMILES string of the molecule is COC(=O)c1c2c(nc3ccccc13)-c1cc(OC)c(OC)c(OCc3ccccc3)c1C2=O. The number of ether oxygens (including phenoxy) is 4. The van der Waals surface area contributed by atoms with Crippen LogP contribution in [-0.2, 0) is 11.3 Å². The van der Waals surface area contributed by atoms with Gasteiger partial charge in [0.05, 0.1) is 49.2 Å². The molecule has 5 rings (SSSR count). The Morgan fingerprint density at radius 2 is 1.62 bits per heavy atom. The number of para-hydroxylation sites is 1. The third-order valence-corrected chi connectivity index (χ3v) is 5.84. The van der Waals surface area contributed by atoms with Crippen LogP contribution in [0.5, 0.6) is 17.2 Å². The number of nitrogens with zero attached hydrogens (tertiary/aromatic N) is 1. The molecule has 170 valence electrons. The molecule has 34 heavy (non-hydrogen) atoms. The fourth-order valence-electron chi connectivity index (χ4n) is 4.31. The molecule has 1 aliphatic carbocycles. The molecule has 0 radical (unpaired) electrons. The van der Waals surface area contributed by atoms with Crippen molar-refractivity contribution >= 4 is 22.7 Å². The molecule has 7 heteroatoms. The summed E-state index contributed by atoms with van der Waals surface area (Å²) in [5.74, 6) is -0.0695. The quantitative estimate of drug-likeness (QED) is 0.339. The van der Waals surface area contributed by atoms with Gasteiger partial charge in [0, 0.05) is 10.9 Å². The Balaban J connectivity index is 1.77. The lowest BCUT2D eigenvalue weighted by atomic mass is 9.99. The first-order chi connectivity index (χ1) is 16.6. The van der Waals surface area contributed by atoms with E-state index in [9.17, 15) is 9.59 Å². The van der Waals surface area contributed by atoms with Gasteiger partial charge in [0.25, 0.3) is 0 Å². The largest absolute Gasteiger partial charge is 0.493 e. The lowest BCUT2D eigenvalue weighted by molar-refractivity contribution is 0.0600. The van der Waals surface area contributed by atoms with Gasteiger partial charge in [-0.2, -0.15) is 0 Å². The summed E-state index contributed by atoms with van der Waals surface area (Å²) in [7, 11) is 4.28. The number of methoxy groups -OCH3 is 3. The fourth-order valence-corrected chi connectivity index (χ4v) is 4.31. The van der Waals surface area contributed by atoms with Crippen LogP contribution < -0.4 is 14.2 Å². The highest BCUT2D eigenvalue weighted by Crippen LogP contribution is 2.51. The van der Waals surface area contributed by atoms with Crippen molar-refractivity contribution < 1.29 is 28.5 Å². The summed E-state index contributed by atoms with van der Waals surface area (Å²) in [6.45, 7) is 0.208. The maximum atomic E-state index is 13.8. The summed E-state index contributed by atoms with van der Waals surface area (Å²) in [5.41, 5.74) is 3.02. The molecule has 0 atom stereocenters. The molecule has 0 fully saturated rings. The van der Waals surface area contributed by atoms with Gasteiger partial charge in [0.15, 0.2) is 11.5 Å². The van der Waals surface area contributed by atoms with Gasteiger partial charge in [0.1, 0.15) is 6.61 Å². The Kier molecular flexibility index (Phi) is 5.37. The van der Waals surface area contributed by atoms with Crippen molar-refractivity contribution in [3.63, 3.8) is 0 Å². The normalized spacial score (nSPS) is 11.7. The zero-order valence-corrected chi connectivity index (χ0v) is 18.9. The summed E-state index contributed by atoms with van der Waals surface area (Å²) in [6.07, 6.45) is 0. The first-order valence-electron chi connectivity index (χ1n) is 10.6. The topological polar surface area (TPSA) is 84.0 Å². The molecule has 7 nitrogen and oxygen atoms in total. The Bertz CT molecular complexity index is 1450. The van der Waals surface area contributed by atoms with Crippen LogP contribution in [0, 0.1) is 0 Å². The highest BCUT2D eigenvalue weighted by atomic mass is 16.5. The first-order valence-corrected chi connectivity index (χ1v) is 10.6. The number of rotatable bonds is 6. The second-order valence-corrected chi connectivity index (χ2v) is 7.69. The lowest BCUT2D eigenvalue weighted by Crippen LogP contribution is -2.11. The average molecular weight is 455 g/mol. The fraction of sp³-hybridized carbons (Fsp3) is 0.148. The molecular weight excluding hydrogens is 434 g/mol. The van der Waals surface area contributed by atoms with E-state index in [1.54, 1.807) is 24.3 Å². The molecule has 0 N–H and O–H groups in total. The van der Waals surface area contributed by atoms with Crippen molar-refractivity contribution in [3.05, 3.63) is 82.9 Å². The number of pyridine rings is 1. The van der Waals surface area contributed by atoms with Crippen LogP contribution in [0.2, 0.25) is 0 Å². The smallest absolute Gasteiger partial charge is 0.339 e. The third-order valence-electron chi connectivity index (χ3n) is 5.84. The number of carbonyl (C=O) groups is 2. The predicted molar refractivity (Wildman–Crippen MR) is 126 cm³/mol. The van der Waals surface area contributed by atoms with Crippen LogP contribution in [0.15, 0.2) is 60.7 Å². The van der Waals surface area contributed by atoms with Crippen LogP contribution in [0.3, 0.4) is 0 Å². The van der Waals surface area contributed by atoms with Crippen molar-refractivity contribution in [1.82, 2.24) is 4.98 Å². The highest BCUT2D eigenvalue weighted by Gasteiger charge is 2.39. The number of esters is 1. The predicted octanol–water partition coefficient (Wildman–Crippen LogP) is 4.83. The highest BCUT2D eigenvalue weighted by molar-refractivity contribution is 6.29. The van der Waals surface area contributed by atoms with E-state index in [-0.39, 0.29) is 34.8 Å². The Morgan fingerprint density at radius 3 is 2.32 bits per heavy atom. The number of carbonyl (C=O) groups excluding carboxylic acids is 2. The van der Waals surface area contributed by atoms with E-state index < -0.39 is 5.97 Å². The van der Waals surface area contributed by atoms with Crippen molar-refractivity contribution in [1.29, 1.82) is 0 Å². The zero-order valence-electron chi connectivity index (χ0n) is 18.9. The molecule has 0 bridgehead atoms. The summed E-state index contributed by atoms with van der Waals surface area (Å²) in [4.78, 5) is 31.4. The van der Waals surface area contributed by atoms with E-state index in [4.69, 9.17) is 23.9 Å². The van der Waals surface area contributed by atoms with Gasteiger partial charge in [0.2, 0.25) is 11.5 Å². The second-order valence-electron chi connectivity index (χ2n) is 7.69. The van der Waals surface area contributed by atoms with Crippen LogP contribution >= 0.6 is 0 Å². The molecule has 0 saturated carbocycles. The van der Waals surface area contributed by atoms with Crippen LogP contribution in [0.1, 0.15) is 31.8 Å². The van der Waals surface area contributed by atoms with Crippen molar-refractivity contribution in [2.24, 2.45) is 0 Å². The van der Waals surface area contributed by atoms with Gasteiger partial charge in [-0.25, -0.2) is 9.78 Å². The van der Waals surface area contributed by atoms with E-state index in [2.05, 4.69) is 0 Å². The average Bonchev–Trinajstić information content (AvgIpc) is 3.16. The molecule has 3 aromatic carbocycles. The molecular formula is C27H21NO6. The van der Waals surface area contributed by atoms with Crippen LogP contribution in [0.4, 0.5) is 0 Å². The minimum atomic E-state index is -0.610. The summed E-state index contributed by atoms with van der Waals surface area (Å²) in [5, 5.41) is 0.542. The van der Waals surface area contributed by atoms with Gasteiger partial charge >= 0.3 is 5.97 Å². The van der Waals surface area contributed by atoms with E-state index >= 15 is 0 Å². The van der Waals surface area contributed by atoms with Crippen LogP contribution in [0.25, 0.3) is 22.2 Å². The van der Waals surface area contributed by atoms with E-state index in [0.29, 0.717) is 33.7 Å². The Labute approximate surface area is 195 Å². The third kappa shape index (κ3) is 3.25. The number of benzene rings is 3. The minimum Gasteiger partial charge on any atom is -0.493 e. The van der Waals surface area contributed by atoms with Gasteiger partial charge in [-0.15, -0.1) is 0 Å². The maximum Gasteiger partial charge on any atom is 0.339 e. The Hall–Kier alpha value is -4.39. The molecule has 0 saturated heterocycles. The Morgan fingerprint density at radius 1 is 0.882 bits per heavy atom. The molecule has 0 unspecified atom stereocenters. The monoisotopic (exact) mass is 455 g/mol. The summed E-state index contributed by atoms with van der Waals surface area (Å²) in [6, 6.07) is 18.4. The molecule has 0 aliphatic heterocycles. The number of hydrogen-bond donors (Lipinski definition) is 0. The molecule has 1 aliphatic rings. The molecule has 0 amide bonds. The van der Waals surface area contributed by atoms with E-state index in [1.165, 1.54) is 21.3 Å². The molecule has 1 aromatic heterocycles. The van der Waals surface area contributed by atoms with Gasteiger partial charge in [-0.1, -0.05) is 48.5 Å². The van der Waals surface area contributed by atoms with Gasteiger partial charge < -0.3 is 18.9 Å². The van der Waals surface area contributed by atoms with E-state index in [1.807, 2.05) is 36.4 Å². The van der Waals surface area contributed by atoms with Gasteiger partial charge in [-0.3, -0.25) is 4.79 Å². The molecule has 4 aromatic rings. The molecule has 0 spiro atoms. The van der Waals surface area contributed by atoms with Crippen molar-refractivity contribution in [3.8, 4) is 28.5 Å². The van der Waals surface area contributed by atoms with Crippen LogP contribution in [-0.4, -0.2) is 38.1 Å². The summed E-state index contributed by atoms with van der Waals surface area (Å²) >= 11 is 0. The number of fused-ring (bicyclic) bond motifs is 4. The summed E-state index contributed by atoms with van der Waals surface area (Å²) < 4.78 is 22.3. The van der Waals surface area contributed by atoms with Gasteiger partial charge in [-0.05, 0) is 17.7 Å². The number of aromatic nitrogens is 1. The lowest BCUT2D eigenvalue weighted by Gasteiger charge is -2.17. The molecule has 1 heterocycles. The zero-order chi connectivity index (χ0) is 23.8. The van der Waals surface area contributed by atoms with Crippen molar-refractivity contribution in [2.75, 3.05) is 21.3 Å². The second kappa shape index (κ2) is 8.51. The van der Waals surface area contributed by atoms with Crippen molar-refractivity contribution in [2.45, 2.75) is 6.61 Å².